The first-order chi connectivity index (χ1) is 12.7. The third-order valence-corrected chi connectivity index (χ3v) is 4.63. The quantitative estimate of drug-likeness (QED) is 0.722. The van der Waals surface area contributed by atoms with Gasteiger partial charge in [0.15, 0.2) is 0 Å². The first-order valence-electron chi connectivity index (χ1n) is 8.72. The van der Waals surface area contributed by atoms with Crippen LogP contribution >= 0.6 is 0 Å². The van der Waals surface area contributed by atoms with E-state index in [4.69, 9.17) is 4.74 Å². The van der Waals surface area contributed by atoms with Crippen LogP contribution in [0.1, 0.15) is 12.0 Å². The van der Waals surface area contributed by atoms with Gasteiger partial charge in [-0.1, -0.05) is 30.3 Å². The van der Waals surface area contributed by atoms with Crippen LogP contribution in [0.3, 0.4) is 0 Å². The van der Waals surface area contributed by atoms with Crippen LogP contribution < -0.4 is 4.74 Å². The molecule has 0 saturated carbocycles. The summed E-state index contributed by atoms with van der Waals surface area (Å²) in [6.07, 6.45) is 1.01. The summed E-state index contributed by atoms with van der Waals surface area (Å²) in [5.41, 5.74) is 1.71. The van der Waals surface area contributed by atoms with Crippen LogP contribution in [0.25, 0.3) is 10.9 Å². The second-order valence-corrected chi connectivity index (χ2v) is 6.51. The first-order valence-corrected chi connectivity index (χ1v) is 8.72. The number of hydrogen-bond donors (Lipinski definition) is 0. The zero-order valence-electron chi connectivity index (χ0n) is 14.3. The number of carbonyl (C=O) groups is 1. The van der Waals surface area contributed by atoms with Gasteiger partial charge in [-0.05, 0) is 29.8 Å². The van der Waals surface area contributed by atoms with Crippen LogP contribution in [0.5, 0.6) is 5.88 Å². The van der Waals surface area contributed by atoms with Crippen LogP contribution in [0.2, 0.25) is 0 Å². The van der Waals surface area contributed by atoms with E-state index in [-0.39, 0.29) is 24.2 Å². The number of likely N-dealkylation sites (tertiary alicyclic amines) is 1. The maximum atomic E-state index is 13.0. The number of aromatic nitrogens is 1. The number of carbonyl (C=O) groups excluding carboxylic acids is 1. The summed E-state index contributed by atoms with van der Waals surface area (Å²) in [5, 5.41) is 1.07. The predicted molar refractivity (Wildman–Crippen MR) is 97.5 cm³/mol. The number of ether oxygens (including phenoxy) is 1. The van der Waals surface area contributed by atoms with Crippen molar-refractivity contribution in [3.8, 4) is 5.88 Å². The Morgan fingerprint density at radius 1 is 1.12 bits per heavy atom. The van der Waals surface area contributed by atoms with E-state index in [1.54, 1.807) is 17.0 Å². The Morgan fingerprint density at radius 2 is 1.92 bits per heavy atom. The van der Waals surface area contributed by atoms with Crippen molar-refractivity contribution >= 4 is 16.8 Å². The first kappa shape index (κ1) is 16.5. The van der Waals surface area contributed by atoms with Crippen LogP contribution in [0.15, 0.2) is 60.7 Å². The van der Waals surface area contributed by atoms with Crippen molar-refractivity contribution in [2.45, 2.75) is 18.9 Å². The Bertz CT molecular complexity index is 927. The van der Waals surface area contributed by atoms with Gasteiger partial charge in [-0.15, -0.1) is 0 Å². The van der Waals surface area contributed by atoms with Gasteiger partial charge in [-0.3, -0.25) is 4.79 Å². The van der Waals surface area contributed by atoms with Gasteiger partial charge in [0.2, 0.25) is 11.8 Å². The fourth-order valence-corrected chi connectivity index (χ4v) is 3.22. The molecule has 1 atom stereocenters. The van der Waals surface area contributed by atoms with Crippen molar-refractivity contribution in [3.63, 3.8) is 0 Å². The molecule has 1 unspecified atom stereocenters. The van der Waals surface area contributed by atoms with E-state index in [0.717, 1.165) is 22.9 Å². The predicted octanol–water partition coefficient (Wildman–Crippen LogP) is 3.60. The summed E-state index contributed by atoms with van der Waals surface area (Å²) in [6.45, 7) is 1.22. The van der Waals surface area contributed by atoms with Crippen molar-refractivity contribution in [2.75, 3.05) is 13.1 Å². The molecular weight excluding hydrogens is 331 g/mol. The number of hydrogen-bond acceptors (Lipinski definition) is 3. The van der Waals surface area contributed by atoms with Crippen molar-refractivity contribution in [2.24, 2.45) is 0 Å². The number of para-hydroxylation sites is 1. The number of nitrogens with zero attached hydrogens (tertiary/aromatic N) is 2. The van der Waals surface area contributed by atoms with Crippen LogP contribution in [0, 0.1) is 5.82 Å². The molecule has 3 aromatic rings. The molecular formula is C21H19FN2O2. The Morgan fingerprint density at radius 3 is 2.77 bits per heavy atom. The van der Waals surface area contributed by atoms with E-state index in [0.29, 0.717) is 19.0 Å². The van der Waals surface area contributed by atoms with Crippen molar-refractivity contribution in [3.05, 3.63) is 72.0 Å². The molecule has 2 aromatic carbocycles. The number of amides is 1. The van der Waals surface area contributed by atoms with Crippen LogP contribution in [0.4, 0.5) is 4.39 Å². The topological polar surface area (TPSA) is 42.4 Å². The van der Waals surface area contributed by atoms with Crippen LogP contribution in [-0.4, -0.2) is 35.0 Å². The third-order valence-electron chi connectivity index (χ3n) is 4.63. The molecule has 1 aliphatic rings. The van der Waals surface area contributed by atoms with Gasteiger partial charge in [0, 0.05) is 24.4 Å². The molecule has 0 aliphatic carbocycles. The lowest BCUT2D eigenvalue weighted by molar-refractivity contribution is -0.129. The lowest BCUT2D eigenvalue weighted by Gasteiger charge is -2.17. The minimum absolute atomic E-state index is 0.0363. The van der Waals surface area contributed by atoms with E-state index >= 15 is 0 Å². The number of fused-ring (bicyclic) bond motifs is 1. The SMILES string of the molecule is O=C(Cc1ccc(F)cc1)N1CCC(Oc2ccc3ccccc3n2)C1. The average Bonchev–Trinajstić information content (AvgIpc) is 3.12. The summed E-state index contributed by atoms with van der Waals surface area (Å²) in [7, 11) is 0. The van der Waals surface area contributed by atoms with Gasteiger partial charge < -0.3 is 9.64 Å². The Labute approximate surface area is 151 Å². The fourth-order valence-electron chi connectivity index (χ4n) is 3.22. The number of benzene rings is 2. The maximum Gasteiger partial charge on any atom is 0.227 e. The number of pyridine rings is 1. The van der Waals surface area contributed by atoms with Gasteiger partial charge in [0.1, 0.15) is 11.9 Å². The smallest absolute Gasteiger partial charge is 0.227 e. The van der Waals surface area contributed by atoms with E-state index < -0.39 is 0 Å². The highest BCUT2D eigenvalue weighted by atomic mass is 19.1. The monoisotopic (exact) mass is 350 g/mol. The van der Waals surface area contributed by atoms with E-state index in [2.05, 4.69) is 4.98 Å². The maximum absolute atomic E-state index is 13.0. The van der Waals surface area contributed by atoms with Crippen molar-refractivity contribution < 1.29 is 13.9 Å². The summed E-state index contributed by atoms with van der Waals surface area (Å²) in [4.78, 5) is 18.8. The fraction of sp³-hybridized carbons (Fsp3) is 0.238. The van der Waals surface area contributed by atoms with Gasteiger partial charge in [-0.2, -0.15) is 0 Å². The molecule has 4 nitrogen and oxygen atoms in total. The largest absolute Gasteiger partial charge is 0.472 e. The van der Waals surface area contributed by atoms with Gasteiger partial charge in [0.25, 0.3) is 0 Å². The van der Waals surface area contributed by atoms with Gasteiger partial charge >= 0.3 is 0 Å². The normalized spacial score (nSPS) is 16.8. The standard InChI is InChI=1S/C21H19FN2O2/c22-17-8-5-15(6-9-17)13-21(25)24-12-11-18(14-24)26-20-10-7-16-3-1-2-4-19(16)23-20/h1-10,18H,11-14H2. The molecule has 1 aliphatic heterocycles. The molecule has 0 radical (unpaired) electrons. The van der Waals surface area contributed by atoms with Gasteiger partial charge in [-0.25, -0.2) is 9.37 Å². The number of rotatable bonds is 4. The molecule has 1 saturated heterocycles. The molecule has 5 heteroatoms. The zero-order valence-corrected chi connectivity index (χ0v) is 14.3. The van der Waals surface area contributed by atoms with Crippen molar-refractivity contribution in [1.82, 2.24) is 9.88 Å². The van der Waals surface area contributed by atoms with E-state index in [1.165, 1.54) is 12.1 Å². The summed E-state index contributed by atoms with van der Waals surface area (Å²) < 4.78 is 18.9. The second kappa shape index (κ2) is 7.12. The van der Waals surface area contributed by atoms with Gasteiger partial charge in [0.05, 0.1) is 18.5 Å². The highest BCUT2D eigenvalue weighted by Gasteiger charge is 2.27. The third kappa shape index (κ3) is 3.67. The lowest BCUT2D eigenvalue weighted by Crippen LogP contribution is -2.32. The molecule has 4 rings (SSSR count). The Kier molecular flexibility index (Phi) is 4.52. The lowest BCUT2D eigenvalue weighted by atomic mass is 10.1. The van der Waals surface area contributed by atoms with E-state index in [1.807, 2.05) is 36.4 Å². The summed E-state index contributed by atoms with van der Waals surface area (Å²) in [6, 6.07) is 17.8. The Balaban J connectivity index is 1.36. The minimum Gasteiger partial charge on any atom is -0.472 e. The van der Waals surface area contributed by atoms with Crippen molar-refractivity contribution in [1.29, 1.82) is 0 Å². The highest BCUT2D eigenvalue weighted by Crippen LogP contribution is 2.21. The van der Waals surface area contributed by atoms with E-state index in [9.17, 15) is 9.18 Å². The average molecular weight is 350 g/mol. The molecule has 2 heterocycles. The minimum atomic E-state index is -0.293. The second-order valence-electron chi connectivity index (χ2n) is 6.51. The molecule has 1 fully saturated rings. The molecule has 26 heavy (non-hydrogen) atoms. The zero-order chi connectivity index (χ0) is 17.9. The molecule has 1 amide bonds. The summed E-state index contributed by atoms with van der Waals surface area (Å²) in [5.74, 6) is 0.328. The molecule has 1 aromatic heterocycles. The van der Waals surface area contributed by atoms with Crippen LogP contribution in [-0.2, 0) is 11.2 Å². The Hall–Kier alpha value is -2.95. The molecule has 132 valence electrons. The molecule has 0 bridgehead atoms. The number of halogens is 1. The highest BCUT2D eigenvalue weighted by molar-refractivity contribution is 5.79. The summed E-state index contributed by atoms with van der Waals surface area (Å²) >= 11 is 0. The molecule has 0 N–H and O–H groups in total. The molecule has 0 spiro atoms.